The maximum absolute atomic E-state index is 10.0. The standard InChI is InChI=1S/C12H27N3O3/c1-12(2,3)18-11(16)15(4)10-6-9(17-5)8(13)7-14-10/h8-11,14,16H,6-7,13H2,1-5H3. The van der Waals surface area contributed by atoms with E-state index >= 15 is 0 Å². The highest BCUT2D eigenvalue weighted by molar-refractivity contribution is 4.87. The molecule has 1 aliphatic rings. The molecule has 0 spiro atoms. The molecule has 1 saturated heterocycles. The van der Waals surface area contributed by atoms with Crippen LogP contribution in [0.2, 0.25) is 0 Å². The second-order valence-electron chi connectivity index (χ2n) is 5.82. The highest BCUT2D eigenvalue weighted by atomic mass is 16.6. The summed E-state index contributed by atoms with van der Waals surface area (Å²) in [4.78, 5) is 1.75. The average Bonchev–Trinajstić information content (AvgIpc) is 2.26. The number of nitrogens with one attached hydrogen (secondary N) is 1. The summed E-state index contributed by atoms with van der Waals surface area (Å²) in [6.07, 6.45) is -0.236. The van der Waals surface area contributed by atoms with Crippen molar-refractivity contribution >= 4 is 0 Å². The average molecular weight is 261 g/mol. The van der Waals surface area contributed by atoms with Crippen LogP contribution in [-0.2, 0) is 9.47 Å². The van der Waals surface area contributed by atoms with E-state index < -0.39 is 6.41 Å². The molecule has 0 radical (unpaired) electrons. The van der Waals surface area contributed by atoms with Crippen LogP contribution in [0.5, 0.6) is 0 Å². The third kappa shape index (κ3) is 4.46. The topological polar surface area (TPSA) is 80.0 Å². The third-order valence-corrected chi connectivity index (χ3v) is 3.12. The van der Waals surface area contributed by atoms with E-state index in [1.54, 1.807) is 12.0 Å². The molecule has 0 aromatic rings. The summed E-state index contributed by atoms with van der Waals surface area (Å²) >= 11 is 0. The van der Waals surface area contributed by atoms with E-state index in [0.29, 0.717) is 6.54 Å². The second kappa shape index (κ2) is 6.27. The third-order valence-electron chi connectivity index (χ3n) is 3.12. The summed E-state index contributed by atoms with van der Waals surface area (Å²) in [5.74, 6) is 0. The van der Waals surface area contributed by atoms with Crippen LogP contribution >= 0.6 is 0 Å². The van der Waals surface area contributed by atoms with Gasteiger partial charge in [0.2, 0.25) is 6.41 Å². The molecule has 0 saturated carbocycles. The number of aliphatic hydroxyl groups excluding tert-OH is 1. The quantitative estimate of drug-likeness (QED) is 0.601. The van der Waals surface area contributed by atoms with Crippen LogP contribution in [0.3, 0.4) is 0 Å². The molecule has 108 valence electrons. The molecule has 1 fully saturated rings. The fraction of sp³-hybridized carbons (Fsp3) is 1.00. The minimum atomic E-state index is -0.950. The maximum atomic E-state index is 10.0. The summed E-state index contributed by atoms with van der Waals surface area (Å²) in [6, 6.07) is -0.0136. The van der Waals surface area contributed by atoms with Gasteiger partial charge in [-0.15, -0.1) is 0 Å². The molecule has 6 nitrogen and oxygen atoms in total. The van der Waals surface area contributed by atoms with Gasteiger partial charge in [-0.3, -0.25) is 5.32 Å². The summed E-state index contributed by atoms with van der Waals surface area (Å²) in [6.45, 7) is 6.39. The Kier molecular flexibility index (Phi) is 5.51. The maximum Gasteiger partial charge on any atom is 0.217 e. The highest BCUT2D eigenvalue weighted by Crippen LogP contribution is 2.18. The lowest BCUT2D eigenvalue weighted by atomic mass is 10.0. The van der Waals surface area contributed by atoms with E-state index in [9.17, 15) is 5.11 Å². The van der Waals surface area contributed by atoms with Gasteiger partial charge in [-0.1, -0.05) is 0 Å². The SMILES string of the molecule is COC1CC(N(C)C(O)OC(C)(C)C)NCC1N. The molecule has 4 unspecified atom stereocenters. The molecule has 1 heterocycles. The summed E-state index contributed by atoms with van der Waals surface area (Å²) in [5, 5.41) is 13.3. The smallest absolute Gasteiger partial charge is 0.217 e. The zero-order chi connectivity index (χ0) is 13.9. The van der Waals surface area contributed by atoms with Crippen molar-refractivity contribution in [2.45, 2.75) is 57.5 Å². The number of hydrogen-bond donors (Lipinski definition) is 3. The molecule has 18 heavy (non-hydrogen) atoms. The zero-order valence-corrected chi connectivity index (χ0v) is 12.0. The van der Waals surface area contributed by atoms with Crippen molar-refractivity contribution in [1.82, 2.24) is 10.2 Å². The first kappa shape index (κ1) is 15.8. The van der Waals surface area contributed by atoms with Gasteiger partial charge in [-0.25, -0.2) is 4.90 Å². The van der Waals surface area contributed by atoms with Gasteiger partial charge in [-0.2, -0.15) is 0 Å². The van der Waals surface area contributed by atoms with Crippen LogP contribution < -0.4 is 11.1 Å². The Hall–Kier alpha value is -0.240. The van der Waals surface area contributed by atoms with Gasteiger partial charge in [0.1, 0.15) is 0 Å². The molecular weight excluding hydrogens is 234 g/mol. The van der Waals surface area contributed by atoms with Crippen molar-refractivity contribution in [2.24, 2.45) is 5.73 Å². The van der Waals surface area contributed by atoms with Crippen LogP contribution in [0.25, 0.3) is 0 Å². The lowest BCUT2D eigenvalue weighted by Crippen LogP contribution is -2.61. The molecule has 0 aromatic carbocycles. The first-order chi connectivity index (χ1) is 8.24. The van der Waals surface area contributed by atoms with E-state index in [0.717, 1.165) is 6.42 Å². The zero-order valence-electron chi connectivity index (χ0n) is 12.0. The number of ether oxygens (including phenoxy) is 2. The Bertz CT molecular complexity index is 257. The predicted molar refractivity (Wildman–Crippen MR) is 69.8 cm³/mol. The van der Waals surface area contributed by atoms with Gasteiger partial charge in [0.15, 0.2) is 0 Å². The van der Waals surface area contributed by atoms with Gasteiger partial charge >= 0.3 is 0 Å². The van der Waals surface area contributed by atoms with Crippen LogP contribution in [0.4, 0.5) is 0 Å². The van der Waals surface area contributed by atoms with E-state index in [4.69, 9.17) is 15.2 Å². The number of hydrogen-bond acceptors (Lipinski definition) is 6. The Balaban J connectivity index is 2.53. The fourth-order valence-corrected chi connectivity index (χ4v) is 2.02. The second-order valence-corrected chi connectivity index (χ2v) is 5.82. The van der Waals surface area contributed by atoms with Crippen molar-refractivity contribution in [3.8, 4) is 0 Å². The molecule has 0 aromatic heterocycles. The minimum absolute atomic E-state index is 0.000497. The summed E-state index contributed by atoms with van der Waals surface area (Å²) in [5.41, 5.74) is 5.54. The van der Waals surface area contributed by atoms with Crippen molar-refractivity contribution in [3.05, 3.63) is 0 Å². The molecule has 0 amide bonds. The minimum Gasteiger partial charge on any atom is -0.380 e. The van der Waals surface area contributed by atoms with Crippen molar-refractivity contribution < 1.29 is 14.6 Å². The molecule has 6 heteroatoms. The molecule has 1 aliphatic heterocycles. The van der Waals surface area contributed by atoms with Gasteiger partial charge in [-0.05, 0) is 27.8 Å². The normalized spacial score (nSPS) is 31.7. The number of nitrogens with two attached hydrogens (primary N) is 1. The molecule has 4 N–H and O–H groups in total. The summed E-state index contributed by atoms with van der Waals surface area (Å²) < 4.78 is 10.9. The van der Waals surface area contributed by atoms with Crippen LogP contribution in [0.15, 0.2) is 0 Å². The monoisotopic (exact) mass is 261 g/mol. The van der Waals surface area contributed by atoms with E-state index in [1.807, 2.05) is 27.8 Å². The number of methoxy groups -OCH3 is 1. The van der Waals surface area contributed by atoms with Gasteiger partial charge < -0.3 is 20.3 Å². The van der Waals surface area contributed by atoms with Crippen LogP contribution in [-0.4, -0.2) is 61.0 Å². The van der Waals surface area contributed by atoms with Crippen LogP contribution in [0.1, 0.15) is 27.2 Å². The molecule has 4 atom stereocenters. The van der Waals surface area contributed by atoms with Gasteiger partial charge in [0, 0.05) is 26.1 Å². The Morgan fingerprint density at radius 2 is 2.06 bits per heavy atom. The van der Waals surface area contributed by atoms with Crippen molar-refractivity contribution in [1.29, 1.82) is 0 Å². The number of rotatable bonds is 4. The summed E-state index contributed by atoms with van der Waals surface area (Å²) in [7, 11) is 3.48. The highest BCUT2D eigenvalue weighted by Gasteiger charge is 2.33. The molecule has 0 aliphatic carbocycles. The van der Waals surface area contributed by atoms with Crippen molar-refractivity contribution in [3.63, 3.8) is 0 Å². The Morgan fingerprint density at radius 1 is 1.44 bits per heavy atom. The van der Waals surface area contributed by atoms with Crippen molar-refractivity contribution in [2.75, 3.05) is 20.7 Å². The Morgan fingerprint density at radius 3 is 2.56 bits per heavy atom. The first-order valence-corrected chi connectivity index (χ1v) is 6.34. The lowest BCUT2D eigenvalue weighted by molar-refractivity contribution is -0.247. The van der Waals surface area contributed by atoms with Crippen LogP contribution in [0, 0.1) is 0 Å². The lowest BCUT2D eigenvalue weighted by Gasteiger charge is -2.41. The molecule has 0 bridgehead atoms. The number of nitrogens with zero attached hydrogens (tertiary/aromatic N) is 1. The predicted octanol–water partition coefficient (Wildman–Crippen LogP) is -0.329. The van der Waals surface area contributed by atoms with Gasteiger partial charge in [0.25, 0.3) is 0 Å². The molecular formula is C12H27N3O3. The largest absolute Gasteiger partial charge is 0.380 e. The first-order valence-electron chi connectivity index (χ1n) is 6.34. The Labute approximate surface area is 109 Å². The molecule has 1 rings (SSSR count). The van der Waals surface area contributed by atoms with E-state index in [1.165, 1.54) is 0 Å². The van der Waals surface area contributed by atoms with Gasteiger partial charge in [0.05, 0.1) is 17.9 Å². The number of aliphatic hydroxyl groups is 1. The van der Waals surface area contributed by atoms with E-state index in [2.05, 4.69) is 5.32 Å². The van der Waals surface area contributed by atoms with E-state index in [-0.39, 0.29) is 23.9 Å². The number of piperidine rings is 1. The fourth-order valence-electron chi connectivity index (χ4n) is 2.02.